The SMILES string of the molecule is COc1cccc([C@@H](O)c2ccc3c4c(cccc24)CC3)c1. The minimum absolute atomic E-state index is 0.639. The van der Waals surface area contributed by atoms with Crippen LogP contribution in [0.2, 0.25) is 0 Å². The van der Waals surface area contributed by atoms with Crippen LogP contribution in [0.25, 0.3) is 10.8 Å². The van der Waals surface area contributed by atoms with Gasteiger partial charge in [-0.3, -0.25) is 0 Å². The Bertz CT molecular complexity index is 841. The molecule has 1 N–H and O–H groups in total. The van der Waals surface area contributed by atoms with Crippen LogP contribution in [0.3, 0.4) is 0 Å². The van der Waals surface area contributed by atoms with E-state index in [2.05, 4.69) is 30.3 Å². The first-order valence-corrected chi connectivity index (χ1v) is 7.63. The van der Waals surface area contributed by atoms with Gasteiger partial charge in [0.1, 0.15) is 11.9 Å². The molecule has 0 saturated heterocycles. The zero-order valence-corrected chi connectivity index (χ0v) is 12.5. The Hall–Kier alpha value is -2.32. The highest BCUT2D eigenvalue weighted by molar-refractivity contribution is 5.93. The predicted molar refractivity (Wildman–Crippen MR) is 88.4 cm³/mol. The van der Waals surface area contributed by atoms with Crippen LogP contribution in [0.15, 0.2) is 54.6 Å². The normalized spacial score (nSPS) is 14.3. The van der Waals surface area contributed by atoms with E-state index < -0.39 is 6.10 Å². The van der Waals surface area contributed by atoms with E-state index in [9.17, 15) is 5.11 Å². The molecule has 110 valence electrons. The molecular weight excluding hydrogens is 272 g/mol. The number of rotatable bonds is 3. The van der Waals surface area contributed by atoms with Gasteiger partial charge in [-0.1, -0.05) is 42.5 Å². The summed E-state index contributed by atoms with van der Waals surface area (Å²) in [4.78, 5) is 0. The molecule has 0 radical (unpaired) electrons. The summed E-state index contributed by atoms with van der Waals surface area (Å²) in [5, 5.41) is 13.4. The average molecular weight is 290 g/mol. The van der Waals surface area contributed by atoms with Crippen LogP contribution >= 0.6 is 0 Å². The lowest BCUT2D eigenvalue weighted by Crippen LogP contribution is -2.01. The van der Waals surface area contributed by atoms with Crippen LogP contribution in [0.1, 0.15) is 28.4 Å². The minimum atomic E-state index is -0.639. The molecule has 3 aromatic rings. The zero-order valence-electron chi connectivity index (χ0n) is 12.5. The smallest absolute Gasteiger partial charge is 0.119 e. The highest BCUT2D eigenvalue weighted by Gasteiger charge is 2.20. The molecule has 0 bridgehead atoms. The fraction of sp³-hybridized carbons (Fsp3) is 0.200. The summed E-state index contributed by atoms with van der Waals surface area (Å²) in [7, 11) is 1.64. The van der Waals surface area contributed by atoms with E-state index in [-0.39, 0.29) is 0 Å². The number of ether oxygens (including phenoxy) is 1. The lowest BCUT2D eigenvalue weighted by molar-refractivity contribution is 0.221. The van der Waals surface area contributed by atoms with Gasteiger partial charge in [0.25, 0.3) is 0 Å². The van der Waals surface area contributed by atoms with Crippen LogP contribution in [0.4, 0.5) is 0 Å². The van der Waals surface area contributed by atoms with E-state index in [0.29, 0.717) is 0 Å². The number of methoxy groups -OCH3 is 1. The molecule has 1 aliphatic carbocycles. The molecular formula is C20H18O2. The quantitative estimate of drug-likeness (QED) is 0.789. The summed E-state index contributed by atoms with van der Waals surface area (Å²) in [5.74, 6) is 0.766. The summed E-state index contributed by atoms with van der Waals surface area (Å²) in [6.07, 6.45) is 1.57. The summed E-state index contributed by atoms with van der Waals surface area (Å²) in [6, 6.07) is 18.3. The Kier molecular flexibility index (Phi) is 3.12. The molecule has 4 rings (SSSR count). The van der Waals surface area contributed by atoms with Crippen molar-refractivity contribution >= 4 is 10.8 Å². The maximum absolute atomic E-state index is 10.9. The van der Waals surface area contributed by atoms with Crippen molar-refractivity contribution in [1.29, 1.82) is 0 Å². The van der Waals surface area contributed by atoms with Crippen LogP contribution in [0, 0.1) is 0 Å². The van der Waals surface area contributed by atoms with Crippen LogP contribution in [-0.4, -0.2) is 12.2 Å². The van der Waals surface area contributed by atoms with Crippen molar-refractivity contribution in [2.75, 3.05) is 7.11 Å². The Morgan fingerprint density at radius 1 is 0.955 bits per heavy atom. The highest BCUT2D eigenvalue weighted by atomic mass is 16.5. The molecule has 3 aromatic carbocycles. The van der Waals surface area contributed by atoms with Crippen molar-refractivity contribution in [2.24, 2.45) is 0 Å². The Labute approximate surface area is 130 Å². The molecule has 0 aromatic heterocycles. The third-order valence-electron chi connectivity index (χ3n) is 4.61. The van der Waals surface area contributed by atoms with Crippen molar-refractivity contribution in [3.05, 3.63) is 76.9 Å². The van der Waals surface area contributed by atoms with Gasteiger partial charge >= 0.3 is 0 Å². The van der Waals surface area contributed by atoms with Gasteiger partial charge in [0.05, 0.1) is 7.11 Å². The Morgan fingerprint density at radius 3 is 2.55 bits per heavy atom. The second-order valence-corrected chi connectivity index (χ2v) is 5.83. The highest BCUT2D eigenvalue weighted by Crippen LogP contribution is 2.37. The molecule has 0 amide bonds. The molecule has 1 atom stereocenters. The maximum atomic E-state index is 10.9. The first-order valence-electron chi connectivity index (χ1n) is 7.63. The van der Waals surface area contributed by atoms with Gasteiger partial charge in [-0.15, -0.1) is 0 Å². The molecule has 2 nitrogen and oxygen atoms in total. The molecule has 0 unspecified atom stereocenters. The predicted octanol–water partition coefficient (Wildman–Crippen LogP) is 4.03. The van der Waals surface area contributed by atoms with Crippen molar-refractivity contribution in [2.45, 2.75) is 18.9 Å². The molecule has 22 heavy (non-hydrogen) atoms. The number of aliphatic hydroxyl groups excluding tert-OH is 1. The molecule has 2 heteroatoms. The van der Waals surface area contributed by atoms with Crippen molar-refractivity contribution < 1.29 is 9.84 Å². The van der Waals surface area contributed by atoms with Gasteiger partial charge in [0.15, 0.2) is 0 Å². The first-order chi connectivity index (χ1) is 10.8. The van der Waals surface area contributed by atoms with E-state index in [1.54, 1.807) is 7.11 Å². The lowest BCUT2D eigenvalue weighted by Gasteiger charge is -2.16. The van der Waals surface area contributed by atoms with Gasteiger partial charge in [-0.2, -0.15) is 0 Å². The summed E-state index contributed by atoms with van der Waals surface area (Å²) < 4.78 is 5.27. The molecule has 0 aliphatic heterocycles. The van der Waals surface area contributed by atoms with Gasteiger partial charge in [0.2, 0.25) is 0 Å². The van der Waals surface area contributed by atoms with Crippen molar-refractivity contribution in [3.63, 3.8) is 0 Å². The van der Waals surface area contributed by atoms with Gasteiger partial charge in [-0.25, -0.2) is 0 Å². The number of benzene rings is 3. The monoisotopic (exact) mass is 290 g/mol. The number of aryl methyl sites for hydroxylation is 2. The molecule has 0 heterocycles. The average Bonchev–Trinajstić information content (AvgIpc) is 3.00. The number of aliphatic hydroxyl groups is 1. The van der Waals surface area contributed by atoms with E-state index in [1.165, 1.54) is 21.9 Å². The summed E-state index contributed by atoms with van der Waals surface area (Å²) >= 11 is 0. The second-order valence-electron chi connectivity index (χ2n) is 5.83. The fourth-order valence-electron chi connectivity index (χ4n) is 3.50. The summed E-state index contributed by atoms with van der Waals surface area (Å²) in [6.45, 7) is 0. The number of hydrogen-bond donors (Lipinski definition) is 1. The minimum Gasteiger partial charge on any atom is -0.497 e. The van der Waals surface area contributed by atoms with Gasteiger partial charge in [-0.05, 0) is 58.0 Å². The standard InChI is InChI=1S/C20H18O2/c1-22-16-6-2-5-15(12-16)20(21)18-11-10-14-9-8-13-4-3-7-17(18)19(13)14/h2-7,10-12,20-21H,8-9H2,1H3/t20-/m1/s1. The third-order valence-corrected chi connectivity index (χ3v) is 4.61. The second kappa shape index (κ2) is 5.15. The van der Waals surface area contributed by atoms with Crippen LogP contribution in [0.5, 0.6) is 5.75 Å². The van der Waals surface area contributed by atoms with E-state index >= 15 is 0 Å². The van der Waals surface area contributed by atoms with Crippen molar-refractivity contribution in [1.82, 2.24) is 0 Å². The largest absolute Gasteiger partial charge is 0.497 e. The maximum Gasteiger partial charge on any atom is 0.119 e. The third kappa shape index (κ3) is 1.99. The lowest BCUT2D eigenvalue weighted by atomic mass is 9.93. The van der Waals surface area contributed by atoms with E-state index in [1.807, 2.05) is 24.3 Å². The fourth-order valence-corrected chi connectivity index (χ4v) is 3.50. The zero-order chi connectivity index (χ0) is 15.1. The Balaban J connectivity index is 1.87. The topological polar surface area (TPSA) is 29.5 Å². The molecule has 0 fully saturated rings. The number of hydrogen-bond acceptors (Lipinski definition) is 2. The molecule has 1 aliphatic rings. The van der Waals surface area contributed by atoms with Gasteiger partial charge in [0, 0.05) is 0 Å². The summed E-state index contributed by atoms with van der Waals surface area (Å²) in [5.41, 5.74) is 4.62. The van der Waals surface area contributed by atoms with Crippen LogP contribution < -0.4 is 4.74 Å². The van der Waals surface area contributed by atoms with E-state index in [4.69, 9.17) is 4.74 Å². The van der Waals surface area contributed by atoms with Crippen molar-refractivity contribution in [3.8, 4) is 5.75 Å². The molecule has 0 saturated carbocycles. The first kappa shape index (κ1) is 13.4. The Morgan fingerprint density at radius 2 is 1.73 bits per heavy atom. The van der Waals surface area contributed by atoms with Crippen LogP contribution in [-0.2, 0) is 12.8 Å². The van der Waals surface area contributed by atoms with E-state index in [0.717, 1.165) is 29.7 Å². The van der Waals surface area contributed by atoms with Gasteiger partial charge < -0.3 is 9.84 Å². The molecule has 0 spiro atoms.